The van der Waals surface area contributed by atoms with E-state index in [1.54, 1.807) is 24.4 Å². The number of rotatable bonds is 6. The van der Waals surface area contributed by atoms with Crippen LogP contribution in [0.15, 0.2) is 46.2 Å². The second kappa shape index (κ2) is 8.76. The number of benzene rings is 1. The first kappa shape index (κ1) is 23.8. The van der Waals surface area contributed by atoms with Gasteiger partial charge in [0.2, 0.25) is 10.0 Å². The predicted octanol–water partition coefficient (Wildman–Crippen LogP) is 2.60. The summed E-state index contributed by atoms with van der Waals surface area (Å²) >= 11 is 0. The highest BCUT2D eigenvalue weighted by atomic mass is 32.2. The molecule has 1 amide bonds. The van der Waals surface area contributed by atoms with Gasteiger partial charge in [0.25, 0.3) is 5.56 Å². The lowest BCUT2D eigenvalue weighted by Crippen LogP contribution is -2.47. The highest BCUT2D eigenvalue weighted by molar-refractivity contribution is 7.89. The van der Waals surface area contributed by atoms with Gasteiger partial charge in [-0.1, -0.05) is 6.92 Å². The molecule has 1 aliphatic heterocycles. The number of likely N-dealkylation sites (tertiary alicyclic amines) is 1. The largest absolute Gasteiger partial charge is 0.465 e. The number of aromatic amines is 1. The lowest BCUT2D eigenvalue weighted by molar-refractivity contribution is 0.0869. The van der Waals surface area contributed by atoms with Crippen LogP contribution >= 0.6 is 0 Å². The van der Waals surface area contributed by atoms with E-state index in [9.17, 15) is 23.1 Å². The average molecular weight is 489 g/mol. The minimum Gasteiger partial charge on any atom is -0.465 e. The zero-order valence-corrected chi connectivity index (χ0v) is 20.1. The molecular weight excluding hydrogens is 460 g/mol. The zero-order chi connectivity index (χ0) is 24.7. The Balaban J connectivity index is 1.73. The van der Waals surface area contributed by atoms with Gasteiger partial charge in [0.1, 0.15) is 5.39 Å². The van der Waals surface area contributed by atoms with E-state index in [-0.39, 0.29) is 10.5 Å². The van der Waals surface area contributed by atoms with Gasteiger partial charge in [0.15, 0.2) is 5.82 Å². The Kier molecular flexibility index (Phi) is 6.13. The number of sulfonamides is 1. The molecule has 1 aliphatic rings. The molecule has 1 saturated heterocycles. The molecule has 1 aromatic carbocycles. The third-order valence-corrected chi connectivity index (χ3v) is 8.40. The van der Waals surface area contributed by atoms with Gasteiger partial charge in [-0.25, -0.2) is 17.5 Å². The molecule has 0 spiro atoms. The lowest BCUT2D eigenvalue weighted by Gasteiger charge is -2.41. The van der Waals surface area contributed by atoms with E-state index in [1.807, 2.05) is 11.6 Å². The minimum atomic E-state index is -3.56. The Morgan fingerprint density at radius 3 is 2.41 bits per heavy atom. The maximum atomic E-state index is 12.8. The highest BCUT2D eigenvalue weighted by Crippen LogP contribution is 2.37. The number of nitrogens with one attached hydrogen (secondary N) is 2. The van der Waals surface area contributed by atoms with Crippen molar-refractivity contribution in [3.05, 3.63) is 46.9 Å². The van der Waals surface area contributed by atoms with Crippen LogP contribution in [0.5, 0.6) is 0 Å². The molecule has 2 aromatic heterocycles. The molecule has 182 valence electrons. The summed E-state index contributed by atoms with van der Waals surface area (Å²) in [6.07, 6.45) is 2.52. The molecule has 34 heavy (non-hydrogen) atoms. The van der Waals surface area contributed by atoms with Crippen LogP contribution in [-0.4, -0.2) is 70.8 Å². The van der Waals surface area contributed by atoms with Crippen molar-refractivity contribution in [2.24, 2.45) is 0 Å². The summed E-state index contributed by atoms with van der Waals surface area (Å²) in [5.41, 5.74) is 0.511. The fraction of sp³-hybridized carbons (Fsp3) is 0.409. The first-order valence-electron chi connectivity index (χ1n) is 11.0. The Labute approximate surface area is 197 Å². The van der Waals surface area contributed by atoms with Crippen molar-refractivity contribution < 1.29 is 18.3 Å². The molecule has 3 N–H and O–H groups in total. The van der Waals surface area contributed by atoms with Crippen molar-refractivity contribution in [1.29, 1.82) is 0 Å². The molecule has 3 aromatic rings. The van der Waals surface area contributed by atoms with Gasteiger partial charge in [-0.3, -0.25) is 9.48 Å². The third kappa shape index (κ3) is 4.03. The van der Waals surface area contributed by atoms with E-state index in [4.69, 9.17) is 5.10 Å². The Morgan fingerprint density at radius 1 is 1.21 bits per heavy atom. The number of carboxylic acid groups (broad SMARTS) is 1. The fourth-order valence-corrected chi connectivity index (χ4v) is 5.32. The maximum Gasteiger partial charge on any atom is 0.407 e. The van der Waals surface area contributed by atoms with Crippen molar-refractivity contribution in [3.8, 4) is 0 Å². The normalized spacial score (nSPS) is 16.2. The van der Waals surface area contributed by atoms with Crippen LogP contribution in [0.4, 0.5) is 16.3 Å². The number of nitrogens with zero attached hydrogens (tertiary/aromatic N) is 4. The number of H-pyrrole nitrogens is 1. The number of aromatic nitrogens is 3. The predicted molar refractivity (Wildman–Crippen MR) is 128 cm³/mol. The van der Waals surface area contributed by atoms with Gasteiger partial charge >= 0.3 is 6.09 Å². The molecule has 0 radical (unpaired) electrons. The van der Waals surface area contributed by atoms with Crippen LogP contribution in [-0.2, 0) is 15.6 Å². The standard InChI is InChI=1S/C22H28N6O5S/c1-4-22(10-13-27(14-11-22)21(30)31)28-17-9-12-23-20(29)18(17)19(25-28)24-15-5-7-16(8-6-15)34(32,33)26(2)3/h5-9,12H,4,10-11,13-14H2,1-3H3,(H,23,29)(H,24,25)(H,30,31). The summed E-state index contributed by atoms with van der Waals surface area (Å²) in [5, 5.41) is 17.7. The number of piperidine rings is 1. The number of hydrogen-bond donors (Lipinski definition) is 3. The quantitative estimate of drug-likeness (QED) is 0.484. The molecule has 12 heteroatoms. The fourth-order valence-electron chi connectivity index (χ4n) is 4.41. The summed E-state index contributed by atoms with van der Waals surface area (Å²) in [6, 6.07) is 8.04. The smallest absolute Gasteiger partial charge is 0.407 e. The van der Waals surface area contributed by atoms with Crippen LogP contribution in [0.25, 0.3) is 10.9 Å². The van der Waals surface area contributed by atoms with Gasteiger partial charge in [-0.15, -0.1) is 0 Å². The number of carbonyl (C=O) groups is 1. The SMILES string of the molecule is CCC1(n2nc(Nc3ccc(S(=O)(=O)N(C)C)cc3)c3c(=O)[nH]ccc32)CCN(C(=O)O)CC1. The first-order chi connectivity index (χ1) is 16.1. The first-order valence-corrected chi connectivity index (χ1v) is 12.4. The molecule has 0 saturated carbocycles. The van der Waals surface area contributed by atoms with Crippen molar-refractivity contribution in [2.45, 2.75) is 36.6 Å². The number of fused-ring (bicyclic) bond motifs is 1. The molecule has 0 aliphatic carbocycles. The lowest BCUT2D eigenvalue weighted by atomic mass is 9.85. The Morgan fingerprint density at radius 2 is 1.85 bits per heavy atom. The van der Waals surface area contributed by atoms with E-state index in [0.29, 0.717) is 48.3 Å². The second-order valence-corrected chi connectivity index (χ2v) is 10.8. The average Bonchev–Trinajstić information content (AvgIpc) is 3.19. The number of amides is 1. The van der Waals surface area contributed by atoms with Crippen LogP contribution in [0.1, 0.15) is 26.2 Å². The number of anilines is 2. The maximum absolute atomic E-state index is 12.8. The minimum absolute atomic E-state index is 0.159. The molecule has 11 nitrogen and oxygen atoms in total. The number of hydrogen-bond acceptors (Lipinski definition) is 6. The van der Waals surface area contributed by atoms with Crippen LogP contribution in [0.2, 0.25) is 0 Å². The third-order valence-electron chi connectivity index (χ3n) is 6.57. The topological polar surface area (TPSA) is 141 Å². The summed E-state index contributed by atoms with van der Waals surface area (Å²) < 4.78 is 27.7. The van der Waals surface area contributed by atoms with Crippen LogP contribution in [0.3, 0.4) is 0 Å². The van der Waals surface area contributed by atoms with E-state index in [1.165, 1.54) is 31.1 Å². The van der Waals surface area contributed by atoms with Crippen LogP contribution < -0.4 is 10.9 Å². The number of pyridine rings is 1. The van der Waals surface area contributed by atoms with Crippen molar-refractivity contribution >= 4 is 38.5 Å². The van der Waals surface area contributed by atoms with Crippen molar-refractivity contribution in [3.63, 3.8) is 0 Å². The highest BCUT2D eigenvalue weighted by Gasteiger charge is 2.38. The van der Waals surface area contributed by atoms with Crippen molar-refractivity contribution in [1.82, 2.24) is 24.0 Å². The van der Waals surface area contributed by atoms with Crippen LogP contribution in [0, 0.1) is 0 Å². The molecule has 0 atom stereocenters. The van der Waals surface area contributed by atoms with Gasteiger partial charge in [0.05, 0.1) is 16.0 Å². The molecule has 1 fully saturated rings. The van der Waals surface area contributed by atoms with Gasteiger partial charge in [-0.05, 0) is 49.6 Å². The molecule has 4 rings (SSSR count). The van der Waals surface area contributed by atoms with E-state index < -0.39 is 21.7 Å². The van der Waals surface area contributed by atoms with E-state index in [2.05, 4.69) is 10.3 Å². The molecule has 0 bridgehead atoms. The summed E-state index contributed by atoms with van der Waals surface area (Å²) in [4.78, 5) is 28.4. The zero-order valence-electron chi connectivity index (χ0n) is 19.3. The van der Waals surface area contributed by atoms with Gasteiger partial charge in [-0.2, -0.15) is 5.10 Å². The van der Waals surface area contributed by atoms with Gasteiger partial charge in [0, 0.05) is 39.1 Å². The molecule has 0 unspecified atom stereocenters. The summed E-state index contributed by atoms with van der Waals surface area (Å²) in [6.45, 7) is 2.81. The summed E-state index contributed by atoms with van der Waals surface area (Å²) in [7, 11) is -0.617. The monoisotopic (exact) mass is 488 g/mol. The molecular formula is C22H28N6O5S. The summed E-state index contributed by atoms with van der Waals surface area (Å²) in [5.74, 6) is 0.355. The second-order valence-electron chi connectivity index (χ2n) is 8.61. The van der Waals surface area contributed by atoms with Gasteiger partial charge < -0.3 is 20.3 Å². The Hall–Kier alpha value is -3.38. The van der Waals surface area contributed by atoms with Crippen molar-refractivity contribution in [2.75, 3.05) is 32.5 Å². The van der Waals surface area contributed by atoms with E-state index in [0.717, 1.165) is 10.7 Å². The van der Waals surface area contributed by atoms with E-state index >= 15 is 0 Å². The Bertz CT molecular complexity index is 1370. The molecule has 3 heterocycles.